The highest BCUT2D eigenvalue weighted by molar-refractivity contribution is 5.92. The van der Waals surface area contributed by atoms with Crippen LogP contribution in [0.1, 0.15) is 48.8 Å². The second kappa shape index (κ2) is 5.33. The third kappa shape index (κ3) is 3.35. The number of nitrogens with zero attached hydrogens (tertiary/aromatic N) is 2. The number of aliphatic hydroxyl groups is 1. The Morgan fingerprint density at radius 3 is 3.00 bits per heavy atom. The number of nitrogens with one attached hydrogen (secondary N) is 1. The predicted octanol–water partition coefficient (Wildman–Crippen LogP) is 1.40. The maximum Gasteiger partial charge on any atom is 0.269 e. The average molecular weight is 265 g/mol. The van der Waals surface area contributed by atoms with Gasteiger partial charge in [0.05, 0.1) is 11.3 Å². The largest absolute Gasteiger partial charge is 0.388 e. The van der Waals surface area contributed by atoms with Gasteiger partial charge in [-0.2, -0.15) is 5.10 Å². The summed E-state index contributed by atoms with van der Waals surface area (Å²) < 4.78 is 1.57. The summed E-state index contributed by atoms with van der Waals surface area (Å²) in [7, 11) is 1.75. The summed E-state index contributed by atoms with van der Waals surface area (Å²) in [6.07, 6.45) is 3.72. The molecule has 0 aliphatic heterocycles. The molecule has 0 bridgehead atoms. The Labute approximate surface area is 114 Å². The topological polar surface area (TPSA) is 67.2 Å². The number of aryl methyl sites for hydroxylation is 2. The summed E-state index contributed by atoms with van der Waals surface area (Å²) in [5.41, 5.74) is 0.601. The van der Waals surface area contributed by atoms with Crippen molar-refractivity contribution in [2.45, 2.75) is 45.1 Å². The molecule has 2 N–H and O–H groups in total. The summed E-state index contributed by atoms with van der Waals surface area (Å²) in [6.45, 7) is 4.32. The van der Waals surface area contributed by atoms with E-state index in [4.69, 9.17) is 0 Å². The van der Waals surface area contributed by atoms with Crippen molar-refractivity contribution in [3.05, 3.63) is 17.5 Å². The van der Waals surface area contributed by atoms with Crippen molar-refractivity contribution in [1.29, 1.82) is 0 Å². The first-order valence-corrected chi connectivity index (χ1v) is 6.91. The molecule has 1 aliphatic rings. The summed E-state index contributed by atoms with van der Waals surface area (Å²) in [4.78, 5) is 12.1. The van der Waals surface area contributed by atoms with Gasteiger partial charge in [-0.25, -0.2) is 0 Å². The van der Waals surface area contributed by atoms with E-state index >= 15 is 0 Å². The standard InChI is InChI=1S/C14H23N3O2/c1-10-5-4-6-14(19,8-10)9-15-13(18)12-7-11(2)16-17(12)3/h7,10,19H,4-6,8-9H2,1-3H3,(H,15,18). The number of carbonyl (C=O) groups excluding carboxylic acids is 1. The Balaban J connectivity index is 1.95. The summed E-state index contributed by atoms with van der Waals surface area (Å²) in [5, 5.41) is 17.5. The molecule has 1 aromatic heterocycles. The number of carbonyl (C=O) groups is 1. The minimum Gasteiger partial charge on any atom is -0.388 e. The summed E-state index contributed by atoms with van der Waals surface area (Å²) in [5.74, 6) is 0.351. The summed E-state index contributed by atoms with van der Waals surface area (Å²) >= 11 is 0. The van der Waals surface area contributed by atoms with E-state index in [-0.39, 0.29) is 5.91 Å². The smallest absolute Gasteiger partial charge is 0.269 e. The monoisotopic (exact) mass is 265 g/mol. The average Bonchev–Trinajstić information content (AvgIpc) is 2.65. The molecule has 106 valence electrons. The Morgan fingerprint density at radius 1 is 1.68 bits per heavy atom. The highest BCUT2D eigenvalue weighted by atomic mass is 16.3. The van der Waals surface area contributed by atoms with Gasteiger partial charge >= 0.3 is 0 Å². The van der Waals surface area contributed by atoms with E-state index in [0.717, 1.165) is 31.4 Å². The van der Waals surface area contributed by atoms with Crippen molar-refractivity contribution in [3.8, 4) is 0 Å². The first-order valence-electron chi connectivity index (χ1n) is 6.91. The van der Waals surface area contributed by atoms with Crippen LogP contribution in [0.25, 0.3) is 0 Å². The first-order chi connectivity index (χ1) is 8.89. The van der Waals surface area contributed by atoms with Crippen LogP contribution in [-0.2, 0) is 7.05 Å². The number of aromatic nitrogens is 2. The Hall–Kier alpha value is -1.36. The lowest BCUT2D eigenvalue weighted by Gasteiger charge is -2.35. The molecule has 1 aromatic rings. The van der Waals surface area contributed by atoms with E-state index in [1.807, 2.05) is 6.92 Å². The number of amides is 1. The maximum atomic E-state index is 12.1. The van der Waals surface area contributed by atoms with Crippen LogP contribution < -0.4 is 5.32 Å². The van der Waals surface area contributed by atoms with Gasteiger partial charge in [-0.05, 0) is 31.7 Å². The van der Waals surface area contributed by atoms with Crippen LogP contribution in [0.4, 0.5) is 0 Å². The molecule has 0 spiro atoms. The quantitative estimate of drug-likeness (QED) is 0.868. The van der Waals surface area contributed by atoms with Crippen LogP contribution in [0, 0.1) is 12.8 Å². The molecule has 5 nitrogen and oxygen atoms in total. The molecule has 2 atom stereocenters. The second-order valence-electron chi connectivity index (χ2n) is 5.90. The molecular formula is C14H23N3O2. The van der Waals surface area contributed by atoms with E-state index in [2.05, 4.69) is 17.3 Å². The molecule has 2 rings (SSSR count). The fraction of sp³-hybridized carbons (Fsp3) is 0.714. The van der Waals surface area contributed by atoms with E-state index in [1.54, 1.807) is 17.8 Å². The van der Waals surface area contributed by atoms with Crippen LogP contribution in [0.3, 0.4) is 0 Å². The lowest BCUT2D eigenvalue weighted by Crippen LogP contribution is -2.46. The Morgan fingerprint density at radius 2 is 2.42 bits per heavy atom. The molecular weight excluding hydrogens is 242 g/mol. The molecule has 2 unspecified atom stereocenters. The second-order valence-corrected chi connectivity index (χ2v) is 5.90. The van der Waals surface area contributed by atoms with Crippen molar-refractivity contribution in [3.63, 3.8) is 0 Å². The zero-order valence-electron chi connectivity index (χ0n) is 11.9. The van der Waals surface area contributed by atoms with Crippen LogP contribution in [-0.4, -0.2) is 32.9 Å². The molecule has 1 aliphatic carbocycles. The van der Waals surface area contributed by atoms with Gasteiger partial charge in [-0.1, -0.05) is 19.8 Å². The zero-order chi connectivity index (χ0) is 14.0. The van der Waals surface area contributed by atoms with Gasteiger partial charge in [0, 0.05) is 13.6 Å². The lowest BCUT2D eigenvalue weighted by molar-refractivity contribution is -0.0110. The molecule has 1 heterocycles. The number of hydrogen-bond acceptors (Lipinski definition) is 3. The van der Waals surface area contributed by atoms with Crippen molar-refractivity contribution < 1.29 is 9.90 Å². The van der Waals surface area contributed by atoms with E-state index in [9.17, 15) is 9.90 Å². The van der Waals surface area contributed by atoms with Crippen molar-refractivity contribution >= 4 is 5.91 Å². The fourth-order valence-corrected chi connectivity index (χ4v) is 2.95. The Bertz CT molecular complexity index is 469. The van der Waals surface area contributed by atoms with Crippen molar-refractivity contribution in [1.82, 2.24) is 15.1 Å². The molecule has 19 heavy (non-hydrogen) atoms. The molecule has 0 radical (unpaired) electrons. The van der Waals surface area contributed by atoms with Gasteiger partial charge in [0.25, 0.3) is 5.91 Å². The van der Waals surface area contributed by atoms with E-state index in [1.165, 1.54) is 0 Å². The van der Waals surface area contributed by atoms with Crippen molar-refractivity contribution in [2.75, 3.05) is 6.54 Å². The van der Waals surface area contributed by atoms with Gasteiger partial charge in [0.2, 0.25) is 0 Å². The molecule has 0 aromatic carbocycles. The highest BCUT2D eigenvalue weighted by Gasteiger charge is 2.33. The highest BCUT2D eigenvalue weighted by Crippen LogP contribution is 2.31. The van der Waals surface area contributed by atoms with Gasteiger partial charge in [0.15, 0.2) is 0 Å². The molecule has 0 saturated heterocycles. The van der Waals surface area contributed by atoms with Gasteiger partial charge in [-0.3, -0.25) is 9.48 Å². The molecule has 1 amide bonds. The van der Waals surface area contributed by atoms with Gasteiger partial charge < -0.3 is 10.4 Å². The summed E-state index contributed by atoms with van der Waals surface area (Å²) in [6, 6.07) is 1.75. The van der Waals surface area contributed by atoms with Crippen LogP contribution >= 0.6 is 0 Å². The third-order valence-corrected chi connectivity index (χ3v) is 3.88. The van der Waals surface area contributed by atoms with Crippen LogP contribution in [0.15, 0.2) is 6.07 Å². The predicted molar refractivity (Wildman–Crippen MR) is 72.9 cm³/mol. The maximum absolute atomic E-state index is 12.1. The molecule has 1 saturated carbocycles. The zero-order valence-corrected chi connectivity index (χ0v) is 11.9. The minimum atomic E-state index is -0.749. The van der Waals surface area contributed by atoms with E-state index in [0.29, 0.717) is 18.2 Å². The minimum absolute atomic E-state index is 0.172. The molecule has 1 fully saturated rings. The van der Waals surface area contributed by atoms with Gasteiger partial charge in [0.1, 0.15) is 5.69 Å². The van der Waals surface area contributed by atoms with Crippen LogP contribution in [0.2, 0.25) is 0 Å². The first kappa shape index (κ1) is 14.1. The number of hydrogen-bond donors (Lipinski definition) is 2. The van der Waals surface area contributed by atoms with Crippen LogP contribution in [0.5, 0.6) is 0 Å². The fourth-order valence-electron chi connectivity index (χ4n) is 2.95. The third-order valence-electron chi connectivity index (χ3n) is 3.88. The number of rotatable bonds is 3. The Kier molecular flexibility index (Phi) is 3.94. The van der Waals surface area contributed by atoms with Gasteiger partial charge in [-0.15, -0.1) is 0 Å². The van der Waals surface area contributed by atoms with Crippen molar-refractivity contribution in [2.24, 2.45) is 13.0 Å². The lowest BCUT2D eigenvalue weighted by atomic mass is 9.79. The van der Waals surface area contributed by atoms with E-state index < -0.39 is 5.60 Å². The normalized spacial score (nSPS) is 27.3. The molecule has 5 heteroatoms. The SMILES string of the molecule is Cc1cc(C(=O)NCC2(O)CCCC(C)C2)n(C)n1.